The van der Waals surface area contributed by atoms with Crippen molar-refractivity contribution < 1.29 is 19.4 Å². The van der Waals surface area contributed by atoms with Crippen molar-refractivity contribution in [3.63, 3.8) is 0 Å². The molecule has 0 aliphatic carbocycles. The molecule has 1 N–H and O–H groups in total. The molecule has 1 aliphatic rings. The number of hydrazone groups is 1. The van der Waals surface area contributed by atoms with Crippen LogP contribution in [0.4, 0.5) is 5.69 Å². The van der Waals surface area contributed by atoms with Crippen molar-refractivity contribution >= 4 is 61.2 Å². The summed E-state index contributed by atoms with van der Waals surface area (Å²) in [7, 11) is 0. The second kappa shape index (κ2) is 9.50. The van der Waals surface area contributed by atoms with Gasteiger partial charge < -0.3 is 9.84 Å². The van der Waals surface area contributed by atoms with Gasteiger partial charge in [0.1, 0.15) is 11.5 Å². The van der Waals surface area contributed by atoms with Gasteiger partial charge in [-0.15, -0.1) is 0 Å². The third kappa shape index (κ3) is 4.66. The van der Waals surface area contributed by atoms with Crippen molar-refractivity contribution in [2.75, 3.05) is 11.6 Å². The highest BCUT2D eigenvalue weighted by Gasteiger charge is 2.32. The number of carboxylic acid groups (broad SMARTS) is 1. The molecule has 0 fully saturated rings. The Bertz CT molecular complexity index is 1220. The molecule has 1 aliphatic heterocycles. The Labute approximate surface area is 201 Å². The van der Waals surface area contributed by atoms with Gasteiger partial charge in [-0.05, 0) is 67.8 Å². The molecular weight excluding hydrogens is 540 g/mol. The Morgan fingerprint density at radius 2 is 1.59 bits per heavy atom. The summed E-state index contributed by atoms with van der Waals surface area (Å²) in [6, 6.07) is 22.3. The highest BCUT2D eigenvalue weighted by Crippen LogP contribution is 2.36. The van der Waals surface area contributed by atoms with Crippen molar-refractivity contribution in [2.45, 2.75) is 0 Å². The normalized spacial score (nSPS) is 14.6. The van der Waals surface area contributed by atoms with Crippen LogP contribution in [0.15, 0.2) is 92.4 Å². The number of carbonyl (C=O) groups excluding carboxylic acids is 1. The molecule has 0 aromatic heterocycles. The number of hydrogen-bond donors (Lipinski definition) is 1. The predicted octanol–water partition coefficient (Wildman–Crippen LogP) is 5.51. The van der Waals surface area contributed by atoms with E-state index in [9.17, 15) is 9.59 Å². The van der Waals surface area contributed by atoms with Gasteiger partial charge >= 0.3 is 5.97 Å². The Balaban J connectivity index is 1.76. The third-order valence-electron chi connectivity index (χ3n) is 4.60. The quantitative estimate of drug-likeness (QED) is 0.407. The number of rotatable bonds is 6. The van der Waals surface area contributed by atoms with E-state index in [1.807, 2.05) is 60.7 Å². The van der Waals surface area contributed by atoms with Crippen LogP contribution in [-0.2, 0) is 9.59 Å². The van der Waals surface area contributed by atoms with Crippen molar-refractivity contribution in [3.8, 4) is 5.75 Å². The molecule has 1 heterocycles. The average molecular weight is 556 g/mol. The molecule has 32 heavy (non-hydrogen) atoms. The number of hydrogen-bond acceptors (Lipinski definition) is 4. The van der Waals surface area contributed by atoms with Crippen LogP contribution < -0.4 is 9.75 Å². The third-order valence-corrected chi connectivity index (χ3v) is 5.78. The molecule has 6 nitrogen and oxygen atoms in total. The van der Waals surface area contributed by atoms with Crippen molar-refractivity contribution in [3.05, 3.63) is 98.4 Å². The molecule has 1 amide bonds. The summed E-state index contributed by atoms with van der Waals surface area (Å²) in [6.45, 7) is -0.465. The van der Waals surface area contributed by atoms with E-state index in [-0.39, 0.29) is 5.91 Å². The number of halogens is 2. The average Bonchev–Trinajstić information content (AvgIpc) is 3.10. The summed E-state index contributed by atoms with van der Waals surface area (Å²) in [5.41, 5.74) is 3.23. The number of ether oxygens (including phenoxy) is 1. The smallest absolute Gasteiger partial charge is 0.341 e. The van der Waals surface area contributed by atoms with Crippen molar-refractivity contribution in [1.82, 2.24) is 0 Å². The van der Waals surface area contributed by atoms with Crippen LogP contribution >= 0.6 is 31.9 Å². The summed E-state index contributed by atoms with van der Waals surface area (Å²) in [5, 5.41) is 14.9. The number of carbonyl (C=O) groups is 2. The summed E-state index contributed by atoms with van der Waals surface area (Å²) in [4.78, 5) is 24.2. The molecule has 0 radical (unpaired) electrons. The van der Waals surface area contributed by atoms with E-state index in [0.717, 1.165) is 5.56 Å². The van der Waals surface area contributed by atoms with Gasteiger partial charge in [-0.25, -0.2) is 4.79 Å². The minimum atomic E-state index is -1.07. The van der Waals surface area contributed by atoms with Gasteiger partial charge in [-0.1, -0.05) is 48.5 Å². The van der Waals surface area contributed by atoms with E-state index in [4.69, 9.17) is 9.84 Å². The first-order valence-electron chi connectivity index (χ1n) is 9.53. The molecule has 0 bridgehead atoms. The van der Waals surface area contributed by atoms with Crippen LogP contribution in [0.25, 0.3) is 6.08 Å². The SMILES string of the molecule is O=C(O)COc1c(Br)cc(/C=C2\C(=O)N(c3ccccc3)N=C2c2ccccc2)cc1Br. The number of para-hydroxylation sites is 1. The zero-order valence-electron chi connectivity index (χ0n) is 16.5. The standard InChI is InChI=1S/C24H16Br2N2O4/c25-19-12-15(13-20(26)23(19)32-14-21(29)30)11-18-22(16-7-3-1-4-8-16)27-28(24(18)31)17-9-5-2-6-10-17/h1-13H,14H2,(H,29,30)/b18-11-. The van der Waals surface area contributed by atoms with E-state index in [1.54, 1.807) is 18.2 Å². The van der Waals surface area contributed by atoms with Crippen molar-refractivity contribution in [2.24, 2.45) is 5.10 Å². The molecule has 3 aromatic rings. The first-order chi connectivity index (χ1) is 15.4. The number of carboxylic acids is 1. The number of amides is 1. The predicted molar refractivity (Wildman–Crippen MR) is 130 cm³/mol. The topological polar surface area (TPSA) is 79.2 Å². The summed E-state index contributed by atoms with van der Waals surface area (Å²) in [6.07, 6.45) is 1.76. The fraction of sp³-hybridized carbons (Fsp3) is 0.0417. The van der Waals surface area contributed by atoms with Crippen LogP contribution in [0.1, 0.15) is 11.1 Å². The van der Waals surface area contributed by atoms with Crippen LogP contribution in [0.2, 0.25) is 0 Å². The maximum absolute atomic E-state index is 13.3. The van der Waals surface area contributed by atoms with E-state index in [2.05, 4.69) is 37.0 Å². The van der Waals surface area contributed by atoms with Gasteiger partial charge in [0.05, 0.1) is 20.2 Å². The molecular formula is C24H16Br2N2O4. The summed E-state index contributed by atoms with van der Waals surface area (Å²) < 4.78 is 6.45. The van der Waals surface area contributed by atoms with E-state index in [0.29, 0.717) is 37.2 Å². The van der Waals surface area contributed by atoms with E-state index in [1.165, 1.54) is 5.01 Å². The van der Waals surface area contributed by atoms with Crippen LogP contribution in [0.5, 0.6) is 5.75 Å². The van der Waals surface area contributed by atoms with Gasteiger partial charge in [0.2, 0.25) is 0 Å². The molecule has 0 spiro atoms. The van der Waals surface area contributed by atoms with Crippen LogP contribution in [-0.4, -0.2) is 29.3 Å². The number of anilines is 1. The van der Waals surface area contributed by atoms with Crippen LogP contribution in [0.3, 0.4) is 0 Å². The molecule has 0 saturated heterocycles. The second-order valence-electron chi connectivity index (χ2n) is 6.82. The summed E-state index contributed by atoms with van der Waals surface area (Å²) >= 11 is 6.84. The molecule has 0 unspecified atom stereocenters. The first kappa shape index (κ1) is 22.0. The number of nitrogens with zero attached hydrogens (tertiary/aromatic N) is 2. The largest absolute Gasteiger partial charge is 0.480 e. The van der Waals surface area contributed by atoms with E-state index < -0.39 is 12.6 Å². The zero-order chi connectivity index (χ0) is 22.7. The Morgan fingerprint density at radius 3 is 2.19 bits per heavy atom. The van der Waals surface area contributed by atoms with Gasteiger partial charge in [0.15, 0.2) is 6.61 Å². The number of benzene rings is 3. The maximum atomic E-state index is 13.3. The lowest BCUT2D eigenvalue weighted by atomic mass is 10.0. The maximum Gasteiger partial charge on any atom is 0.341 e. The summed E-state index contributed by atoms with van der Waals surface area (Å²) in [5.74, 6) is -0.945. The van der Waals surface area contributed by atoms with E-state index >= 15 is 0 Å². The number of aliphatic carboxylic acids is 1. The Hall–Kier alpha value is -3.23. The van der Waals surface area contributed by atoms with Gasteiger partial charge in [-0.2, -0.15) is 10.1 Å². The second-order valence-corrected chi connectivity index (χ2v) is 8.53. The molecule has 4 rings (SSSR count). The lowest BCUT2D eigenvalue weighted by Crippen LogP contribution is -2.21. The fourth-order valence-electron chi connectivity index (χ4n) is 3.20. The zero-order valence-corrected chi connectivity index (χ0v) is 19.7. The molecule has 8 heteroatoms. The highest BCUT2D eigenvalue weighted by atomic mass is 79.9. The minimum absolute atomic E-state index is 0.242. The minimum Gasteiger partial charge on any atom is -0.480 e. The lowest BCUT2D eigenvalue weighted by Gasteiger charge is -2.11. The molecule has 3 aromatic carbocycles. The molecule has 0 atom stereocenters. The van der Waals surface area contributed by atoms with Crippen LogP contribution in [0, 0.1) is 0 Å². The fourth-order valence-corrected chi connectivity index (χ4v) is 4.65. The molecule has 0 saturated carbocycles. The van der Waals surface area contributed by atoms with Crippen molar-refractivity contribution in [1.29, 1.82) is 0 Å². The van der Waals surface area contributed by atoms with Gasteiger partial charge in [0.25, 0.3) is 5.91 Å². The lowest BCUT2D eigenvalue weighted by molar-refractivity contribution is -0.139. The van der Waals surface area contributed by atoms with Gasteiger partial charge in [0, 0.05) is 5.56 Å². The van der Waals surface area contributed by atoms with Gasteiger partial charge in [-0.3, -0.25) is 4.79 Å². The Kier molecular flexibility index (Phi) is 6.53. The first-order valence-corrected chi connectivity index (χ1v) is 11.1. The monoisotopic (exact) mass is 554 g/mol. The molecule has 160 valence electrons. The highest BCUT2D eigenvalue weighted by molar-refractivity contribution is 9.11. The Morgan fingerprint density at radius 1 is 1.00 bits per heavy atom.